The molecule has 1 N–H and O–H groups in total. The molecule has 3 rings (SSSR count). The summed E-state index contributed by atoms with van der Waals surface area (Å²) in [6.45, 7) is 3.68. The minimum absolute atomic E-state index is 0.0148. The molecule has 11 heteroatoms. The number of ether oxygens (including phenoxy) is 2. The molecule has 0 unspecified atom stereocenters. The molecular formula is C19H17Cl3N4O4. The number of carbonyl (C=O) groups excluding carboxylic acids is 2. The van der Waals surface area contributed by atoms with Gasteiger partial charge in [-0.05, 0) is 31.5 Å². The van der Waals surface area contributed by atoms with E-state index in [1.54, 1.807) is 19.1 Å². The van der Waals surface area contributed by atoms with Crippen molar-refractivity contribution in [1.82, 2.24) is 14.8 Å². The Hall–Kier alpha value is -2.55. The molecule has 0 bridgehead atoms. The van der Waals surface area contributed by atoms with Crippen LogP contribution in [0.25, 0.3) is 16.7 Å². The Morgan fingerprint density at radius 1 is 1.27 bits per heavy atom. The van der Waals surface area contributed by atoms with Gasteiger partial charge in [0.05, 0.1) is 19.9 Å². The van der Waals surface area contributed by atoms with E-state index in [0.29, 0.717) is 17.1 Å². The molecule has 0 radical (unpaired) electrons. The number of esters is 1. The molecule has 1 aromatic carbocycles. The van der Waals surface area contributed by atoms with Gasteiger partial charge in [0.2, 0.25) is 0 Å². The van der Waals surface area contributed by atoms with Crippen LogP contribution in [0.1, 0.15) is 22.8 Å². The second-order valence-corrected chi connectivity index (χ2v) is 8.43. The number of rotatable bonds is 5. The van der Waals surface area contributed by atoms with Gasteiger partial charge in [-0.25, -0.2) is 9.78 Å². The topological polar surface area (TPSA) is 95.3 Å². The minimum atomic E-state index is -2.25. The number of pyridine rings is 1. The molecule has 0 fully saturated rings. The summed E-state index contributed by atoms with van der Waals surface area (Å²) in [6, 6.07) is 7.28. The number of anilines is 1. The van der Waals surface area contributed by atoms with E-state index in [4.69, 9.17) is 44.3 Å². The van der Waals surface area contributed by atoms with E-state index in [1.165, 1.54) is 18.0 Å². The maximum Gasteiger partial charge on any atom is 0.343 e. The lowest BCUT2D eigenvalue weighted by molar-refractivity contribution is -0.115. The first kappa shape index (κ1) is 22.1. The number of hydrogen-bond acceptors (Lipinski definition) is 6. The van der Waals surface area contributed by atoms with Crippen LogP contribution in [0.2, 0.25) is 0 Å². The van der Waals surface area contributed by atoms with Gasteiger partial charge in [-0.1, -0.05) is 46.9 Å². The number of alkyl halides is 3. The van der Waals surface area contributed by atoms with E-state index in [1.807, 2.05) is 19.1 Å². The number of benzene rings is 1. The standard InChI is InChI=1S/C19H17Cl3N4O4/c1-4-30-17(27)12-9-23-26(16(12)25-18(28)19(20,21)22)14-8-10(2)11-6-5-7-13(29-3)15(11)24-14/h5-9H,4H2,1-3H3,(H,25,28). The Morgan fingerprint density at radius 3 is 2.63 bits per heavy atom. The number of hydrogen-bond donors (Lipinski definition) is 1. The molecule has 0 aliphatic heterocycles. The molecule has 0 aliphatic carbocycles. The fraction of sp³-hybridized carbons (Fsp3) is 0.263. The zero-order valence-corrected chi connectivity index (χ0v) is 18.5. The number of aryl methyl sites for hydroxylation is 1. The van der Waals surface area contributed by atoms with Gasteiger partial charge in [-0.2, -0.15) is 9.78 Å². The van der Waals surface area contributed by atoms with Crippen LogP contribution >= 0.6 is 34.8 Å². The van der Waals surface area contributed by atoms with Crippen molar-refractivity contribution >= 4 is 63.4 Å². The third-order valence-electron chi connectivity index (χ3n) is 4.19. The van der Waals surface area contributed by atoms with E-state index in [9.17, 15) is 9.59 Å². The maximum atomic E-state index is 12.4. The van der Waals surface area contributed by atoms with Crippen LogP contribution in [0, 0.1) is 6.92 Å². The van der Waals surface area contributed by atoms with Gasteiger partial charge in [0, 0.05) is 5.39 Å². The molecule has 3 aromatic rings. The van der Waals surface area contributed by atoms with Gasteiger partial charge in [0.25, 0.3) is 9.70 Å². The smallest absolute Gasteiger partial charge is 0.343 e. The van der Waals surface area contributed by atoms with E-state index in [-0.39, 0.29) is 18.0 Å². The van der Waals surface area contributed by atoms with Crippen molar-refractivity contribution in [2.24, 2.45) is 0 Å². The zero-order valence-electron chi connectivity index (χ0n) is 16.2. The Balaban J connectivity index is 2.20. The highest BCUT2D eigenvalue weighted by Gasteiger charge is 2.33. The van der Waals surface area contributed by atoms with Crippen molar-refractivity contribution in [1.29, 1.82) is 0 Å². The largest absolute Gasteiger partial charge is 0.494 e. The van der Waals surface area contributed by atoms with Crippen molar-refractivity contribution in [3.8, 4) is 11.6 Å². The first-order chi connectivity index (χ1) is 14.2. The second-order valence-electron chi connectivity index (χ2n) is 6.14. The number of nitrogens with zero attached hydrogens (tertiary/aromatic N) is 3. The normalized spacial score (nSPS) is 11.4. The van der Waals surface area contributed by atoms with Crippen molar-refractivity contribution in [3.63, 3.8) is 0 Å². The van der Waals surface area contributed by atoms with Crippen LogP contribution in [0.3, 0.4) is 0 Å². The average Bonchev–Trinajstić information content (AvgIpc) is 3.10. The average molecular weight is 472 g/mol. The van der Waals surface area contributed by atoms with Crippen molar-refractivity contribution in [2.75, 3.05) is 19.0 Å². The predicted molar refractivity (Wildman–Crippen MR) is 115 cm³/mol. The summed E-state index contributed by atoms with van der Waals surface area (Å²) in [5.74, 6) is -0.818. The highest BCUT2D eigenvalue weighted by atomic mass is 35.6. The Labute approximate surface area is 187 Å². The van der Waals surface area contributed by atoms with Crippen LogP contribution < -0.4 is 10.1 Å². The summed E-state index contributed by atoms with van der Waals surface area (Å²) < 4.78 is 9.44. The molecule has 1 amide bonds. The molecule has 0 atom stereocenters. The molecule has 0 saturated heterocycles. The quantitative estimate of drug-likeness (QED) is 0.442. The molecule has 2 heterocycles. The summed E-state index contributed by atoms with van der Waals surface area (Å²) in [6.07, 6.45) is 1.25. The van der Waals surface area contributed by atoms with E-state index >= 15 is 0 Å². The number of methoxy groups -OCH3 is 1. The Kier molecular flexibility index (Phi) is 6.40. The van der Waals surface area contributed by atoms with Gasteiger partial charge in [-0.15, -0.1) is 0 Å². The van der Waals surface area contributed by atoms with E-state index < -0.39 is 15.7 Å². The lowest BCUT2D eigenvalue weighted by Gasteiger charge is -2.15. The minimum Gasteiger partial charge on any atom is -0.494 e. The number of para-hydroxylation sites is 1. The highest BCUT2D eigenvalue weighted by molar-refractivity contribution is 6.76. The van der Waals surface area contributed by atoms with Gasteiger partial charge < -0.3 is 14.8 Å². The summed E-state index contributed by atoms with van der Waals surface area (Å²) in [5, 5.41) is 7.50. The van der Waals surface area contributed by atoms with E-state index in [0.717, 1.165) is 10.9 Å². The third kappa shape index (κ3) is 4.30. The van der Waals surface area contributed by atoms with Crippen molar-refractivity contribution < 1.29 is 19.1 Å². The monoisotopic (exact) mass is 470 g/mol. The summed E-state index contributed by atoms with van der Waals surface area (Å²) in [5.41, 5.74) is 1.45. The number of fused-ring (bicyclic) bond motifs is 1. The van der Waals surface area contributed by atoms with Crippen LogP contribution in [-0.2, 0) is 9.53 Å². The lowest BCUT2D eigenvalue weighted by atomic mass is 10.1. The molecule has 158 valence electrons. The van der Waals surface area contributed by atoms with Crippen LogP contribution in [-0.4, -0.2) is 44.2 Å². The lowest BCUT2D eigenvalue weighted by Crippen LogP contribution is -2.29. The molecule has 0 aliphatic rings. The number of halogens is 3. The zero-order chi connectivity index (χ0) is 22.1. The van der Waals surface area contributed by atoms with Gasteiger partial charge in [0.15, 0.2) is 11.6 Å². The van der Waals surface area contributed by atoms with Crippen molar-refractivity contribution in [2.45, 2.75) is 17.6 Å². The summed E-state index contributed by atoms with van der Waals surface area (Å²) in [4.78, 5) is 29.2. The Morgan fingerprint density at radius 2 is 2.00 bits per heavy atom. The third-order valence-corrected chi connectivity index (χ3v) is 4.70. The molecule has 2 aromatic heterocycles. The highest BCUT2D eigenvalue weighted by Crippen LogP contribution is 2.31. The number of aromatic nitrogens is 3. The first-order valence-electron chi connectivity index (χ1n) is 8.75. The second kappa shape index (κ2) is 8.67. The molecule has 0 spiro atoms. The maximum absolute atomic E-state index is 12.4. The van der Waals surface area contributed by atoms with Crippen LogP contribution in [0.15, 0.2) is 30.5 Å². The number of carbonyl (C=O) groups is 2. The van der Waals surface area contributed by atoms with E-state index in [2.05, 4.69) is 15.4 Å². The number of nitrogens with one attached hydrogen (secondary N) is 1. The molecular weight excluding hydrogens is 455 g/mol. The summed E-state index contributed by atoms with van der Waals surface area (Å²) >= 11 is 17.0. The van der Waals surface area contributed by atoms with Crippen molar-refractivity contribution in [3.05, 3.63) is 41.6 Å². The predicted octanol–water partition coefficient (Wildman–Crippen LogP) is 4.22. The van der Waals surface area contributed by atoms with Gasteiger partial charge in [0.1, 0.15) is 16.8 Å². The van der Waals surface area contributed by atoms with Crippen LogP contribution in [0.4, 0.5) is 5.82 Å². The summed E-state index contributed by atoms with van der Waals surface area (Å²) in [7, 11) is 1.54. The number of amides is 1. The fourth-order valence-corrected chi connectivity index (χ4v) is 2.97. The SMILES string of the molecule is CCOC(=O)c1cnn(-c2cc(C)c3cccc(OC)c3n2)c1NC(=O)C(Cl)(Cl)Cl. The molecule has 0 saturated carbocycles. The first-order valence-corrected chi connectivity index (χ1v) is 9.88. The van der Waals surface area contributed by atoms with Gasteiger partial charge in [-0.3, -0.25) is 4.79 Å². The molecule has 8 nitrogen and oxygen atoms in total. The van der Waals surface area contributed by atoms with Crippen LogP contribution in [0.5, 0.6) is 5.75 Å². The molecule has 30 heavy (non-hydrogen) atoms. The fourth-order valence-electron chi connectivity index (χ4n) is 2.83. The Bertz CT molecular complexity index is 1120. The van der Waals surface area contributed by atoms with Gasteiger partial charge >= 0.3 is 5.97 Å².